The largest absolute Gasteiger partial charge is 0.478 e. The van der Waals surface area contributed by atoms with Crippen LogP contribution in [-0.2, 0) is 9.59 Å². The van der Waals surface area contributed by atoms with Crippen LogP contribution in [0.2, 0.25) is 5.02 Å². The van der Waals surface area contributed by atoms with Crippen LogP contribution in [0.3, 0.4) is 0 Å². The van der Waals surface area contributed by atoms with Crippen molar-refractivity contribution in [2.24, 2.45) is 11.7 Å². The number of hydrogen-bond acceptors (Lipinski definition) is 3. The second-order valence-corrected chi connectivity index (χ2v) is 6.14. The molecular weight excluding hydrogens is 292 g/mol. The van der Waals surface area contributed by atoms with Crippen molar-refractivity contribution in [1.82, 2.24) is 4.90 Å². The fourth-order valence-corrected chi connectivity index (χ4v) is 2.52. The standard InChI is InChI=1S/C15H19ClN2O3/c1-15(2,21-12-5-3-11(16)4-6-12)14(20)18-8-7-10(9-18)13(17)19/h3-6,10H,7-9H2,1-2H3,(H2,17,19)/t10-/m1/s1. The zero-order valence-corrected chi connectivity index (χ0v) is 12.9. The Balaban J connectivity index is 2.03. The number of benzene rings is 1. The molecule has 1 saturated heterocycles. The van der Waals surface area contributed by atoms with Gasteiger partial charge in [-0.25, -0.2) is 0 Å². The summed E-state index contributed by atoms with van der Waals surface area (Å²) >= 11 is 5.82. The second kappa shape index (κ2) is 5.93. The minimum atomic E-state index is -1.01. The van der Waals surface area contributed by atoms with Crippen molar-refractivity contribution in [3.8, 4) is 5.75 Å². The Kier molecular flexibility index (Phi) is 4.42. The number of nitrogens with two attached hydrogens (primary N) is 1. The van der Waals surface area contributed by atoms with Gasteiger partial charge in [0.05, 0.1) is 5.92 Å². The second-order valence-electron chi connectivity index (χ2n) is 5.71. The molecule has 0 spiro atoms. The van der Waals surface area contributed by atoms with Crippen LogP contribution in [0.25, 0.3) is 0 Å². The Morgan fingerprint density at radius 3 is 2.48 bits per heavy atom. The molecule has 0 radical (unpaired) electrons. The van der Waals surface area contributed by atoms with Gasteiger partial charge < -0.3 is 15.4 Å². The maximum Gasteiger partial charge on any atom is 0.266 e. The van der Waals surface area contributed by atoms with Gasteiger partial charge in [0.15, 0.2) is 5.60 Å². The molecule has 0 unspecified atom stereocenters. The first-order valence-electron chi connectivity index (χ1n) is 6.83. The van der Waals surface area contributed by atoms with Gasteiger partial charge in [0.25, 0.3) is 5.91 Å². The molecule has 1 aromatic rings. The van der Waals surface area contributed by atoms with Gasteiger partial charge in [-0.1, -0.05) is 11.6 Å². The lowest BCUT2D eigenvalue weighted by molar-refractivity contribution is -0.144. The number of ether oxygens (including phenoxy) is 1. The summed E-state index contributed by atoms with van der Waals surface area (Å²) in [5, 5.41) is 0.607. The minimum Gasteiger partial charge on any atom is -0.478 e. The van der Waals surface area contributed by atoms with Crippen molar-refractivity contribution in [3.63, 3.8) is 0 Å². The fourth-order valence-electron chi connectivity index (χ4n) is 2.40. The Labute approximate surface area is 129 Å². The number of nitrogens with zero attached hydrogens (tertiary/aromatic N) is 1. The highest BCUT2D eigenvalue weighted by Gasteiger charge is 2.38. The highest BCUT2D eigenvalue weighted by Crippen LogP contribution is 2.25. The zero-order valence-electron chi connectivity index (χ0n) is 12.1. The van der Waals surface area contributed by atoms with Crippen LogP contribution in [0.5, 0.6) is 5.75 Å². The summed E-state index contributed by atoms with van der Waals surface area (Å²) in [6, 6.07) is 6.84. The summed E-state index contributed by atoms with van der Waals surface area (Å²) in [6.07, 6.45) is 0.609. The third-order valence-corrected chi connectivity index (χ3v) is 3.83. The molecule has 0 bridgehead atoms. The third kappa shape index (κ3) is 3.67. The number of carbonyl (C=O) groups is 2. The van der Waals surface area contributed by atoms with E-state index in [4.69, 9.17) is 22.1 Å². The molecule has 1 fully saturated rings. The summed E-state index contributed by atoms with van der Waals surface area (Å²) in [6.45, 7) is 4.31. The third-order valence-electron chi connectivity index (χ3n) is 3.58. The number of likely N-dealkylation sites (tertiary alicyclic amines) is 1. The molecule has 1 atom stereocenters. The highest BCUT2D eigenvalue weighted by molar-refractivity contribution is 6.30. The lowest BCUT2D eigenvalue weighted by Gasteiger charge is -2.30. The van der Waals surface area contributed by atoms with Gasteiger partial charge in [-0.15, -0.1) is 0 Å². The van der Waals surface area contributed by atoms with Crippen molar-refractivity contribution in [1.29, 1.82) is 0 Å². The SMILES string of the molecule is CC(C)(Oc1ccc(Cl)cc1)C(=O)N1CC[C@@H](C(N)=O)C1. The molecule has 0 aliphatic carbocycles. The quantitative estimate of drug-likeness (QED) is 0.922. The van der Waals surface area contributed by atoms with E-state index in [9.17, 15) is 9.59 Å². The molecule has 21 heavy (non-hydrogen) atoms. The van der Waals surface area contributed by atoms with E-state index in [0.717, 1.165) is 0 Å². The van der Waals surface area contributed by atoms with Crippen LogP contribution < -0.4 is 10.5 Å². The van der Waals surface area contributed by atoms with Gasteiger partial charge in [-0.05, 0) is 44.5 Å². The van der Waals surface area contributed by atoms with Gasteiger partial charge in [0.2, 0.25) is 5.91 Å². The van der Waals surface area contributed by atoms with Gasteiger partial charge in [0, 0.05) is 18.1 Å². The van der Waals surface area contributed by atoms with E-state index < -0.39 is 5.60 Å². The molecule has 5 nitrogen and oxygen atoms in total. The van der Waals surface area contributed by atoms with E-state index >= 15 is 0 Å². The normalized spacial score (nSPS) is 18.6. The van der Waals surface area contributed by atoms with Gasteiger partial charge >= 0.3 is 0 Å². The Morgan fingerprint density at radius 1 is 1.33 bits per heavy atom. The zero-order chi connectivity index (χ0) is 15.6. The predicted molar refractivity (Wildman–Crippen MR) is 80.0 cm³/mol. The number of primary amides is 1. The van der Waals surface area contributed by atoms with Gasteiger partial charge in [0.1, 0.15) is 5.75 Å². The van der Waals surface area contributed by atoms with Crippen LogP contribution in [0, 0.1) is 5.92 Å². The van der Waals surface area contributed by atoms with Crippen LogP contribution in [0.4, 0.5) is 0 Å². The number of carbonyl (C=O) groups excluding carboxylic acids is 2. The van der Waals surface area contributed by atoms with Crippen LogP contribution in [-0.4, -0.2) is 35.4 Å². The van der Waals surface area contributed by atoms with Crippen molar-refractivity contribution in [2.75, 3.05) is 13.1 Å². The highest BCUT2D eigenvalue weighted by atomic mass is 35.5. The Bertz CT molecular complexity index is 542. The van der Waals surface area contributed by atoms with E-state index in [-0.39, 0.29) is 17.7 Å². The summed E-state index contributed by atoms with van der Waals surface area (Å²) in [4.78, 5) is 25.3. The van der Waals surface area contributed by atoms with Crippen molar-refractivity contribution < 1.29 is 14.3 Å². The van der Waals surface area contributed by atoms with Crippen molar-refractivity contribution >= 4 is 23.4 Å². The molecule has 0 aromatic heterocycles. The average Bonchev–Trinajstić information content (AvgIpc) is 2.90. The minimum absolute atomic E-state index is 0.152. The Morgan fingerprint density at radius 2 is 1.95 bits per heavy atom. The number of hydrogen-bond donors (Lipinski definition) is 1. The topological polar surface area (TPSA) is 72.6 Å². The molecule has 1 aliphatic heterocycles. The molecule has 1 heterocycles. The molecule has 2 amide bonds. The first-order chi connectivity index (χ1) is 9.79. The van der Waals surface area contributed by atoms with Crippen molar-refractivity contribution in [2.45, 2.75) is 25.9 Å². The van der Waals surface area contributed by atoms with Gasteiger partial charge in [-0.2, -0.15) is 0 Å². The first kappa shape index (κ1) is 15.6. The van der Waals surface area contributed by atoms with Crippen LogP contribution in [0.1, 0.15) is 20.3 Å². The van der Waals surface area contributed by atoms with Crippen LogP contribution >= 0.6 is 11.6 Å². The van der Waals surface area contributed by atoms with Gasteiger partial charge in [-0.3, -0.25) is 9.59 Å². The van der Waals surface area contributed by atoms with E-state index in [1.54, 1.807) is 43.0 Å². The van der Waals surface area contributed by atoms with E-state index in [1.165, 1.54) is 0 Å². The van der Waals surface area contributed by atoms with E-state index in [2.05, 4.69) is 0 Å². The molecule has 1 aromatic carbocycles. The van der Waals surface area contributed by atoms with E-state index in [0.29, 0.717) is 30.3 Å². The summed E-state index contributed by atoms with van der Waals surface area (Å²) < 4.78 is 5.76. The Hall–Kier alpha value is -1.75. The molecule has 114 valence electrons. The molecule has 1 aliphatic rings. The molecule has 2 rings (SSSR count). The predicted octanol–water partition coefficient (Wildman–Crippen LogP) is 1.83. The maximum absolute atomic E-state index is 12.5. The fraction of sp³-hybridized carbons (Fsp3) is 0.467. The van der Waals surface area contributed by atoms with Crippen LogP contribution in [0.15, 0.2) is 24.3 Å². The average molecular weight is 311 g/mol. The maximum atomic E-state index is 12.5. The number of amides is 2. The number of rotatable bonds is 4. The smallest absolute Gasteiger partial charge is 0.266 e. The monoisotopic (exact) mass is 310 g/mol. The first-order valence-corrected chi connectivity index (χ1v) is 7.20. The summed E-state index contributed by atoms with van der Waals surface area (Å²) in [7, 11) is 0. The molecule has 0 saturated carbocycles. The lowest BCUT2D eigenvalue weighted by Crippen LogP contribution is -2.48. The lowest BCUT2D eigenvalue weighted by atomic mass is 10.1. The summed E-state index contributed by atoms with van der Waals surface area (Å²) in [5.41, 5.74) is 4.27. The number of halogens is 1. The van der Waals surface area contributed by atoms with Crippen molar-refractivity contribution in [3.05, 3.63) is 29.3 Å². The molecule has 6 heteroatoms. The molecule has 2 N–H and O–H groups in total. The summed E-state index contributed by atoms with van der Waals surface area (Å²) in [5.74, 6) is -0.202. The molecular formula is C15H19ClN2O3. The van der Waals surface area contributed by atoms with E-state index in [1.807, 2.05) is 0 Å².